The molecule has 0 saturated carbocycles. The minimum atomic E-state index is 0.549. The highest BCUT2D eigenvalue weighted by Gasteiger charge is 2.15. The van der Waals surface area contributed by atoms with E-state index >= 15 is 0 Å². The van der Waals surface area contributed by atoms with Crippen LogP contribution in [0.2, 0.25) is 0 Å². The lowest BCUT2D eigenvalue weighted by atomic mass is 10.2. The molecule has 0 N–H and O–H groups in total. The summed E-state index contributed by atoms with van der Waals surface area (Å²) in [6, 6.07) is 11.7. The number of hydrogen-bond acceptors (Lipinski definition) is 5. The minimum absolute atomic E-state index is 0.549. The van der Waals surface area contributed by atoms with E-state index in [0.29, 0.717) is 23.0 Å². The van der Waals surface area contributed by atoms with Gasteiger partial charge in [-0.2, -0.15) is 0 Å². The van der Waals surface area contributed by atoms with Crippen LogP contribution in [0.5, 0.6) is 28.7 Å². The van der Waals surface area contributed by atoms with Crippen molar-refractivity contribution in [1.29, 1.82) is 0 Å². The van der Waals surface area contributed by atoms with Crippen molar-refractivity contribution in [2.45, 2.75) is 0 Å². The van der Waals surface area contributed by atoms with Crippen molar-refractivity contribution in [3.05, 3.63) is 41.8 Å². The summed E-state index contributed by atoms with van der Waals surface area (Å²) in [5, 5.41) is 3.08. The molecule has 0 amide bonds. The van der Waals surface area contributed by atoms with Crippen LogP contribution in [-0.2, 0) is 0 Å². The molecule has 0 saturated heterocycles. The lowest BCUT2D eigenvalue weighted by molar-refractivity contribution is 0.321. The fourth-order valence-electron chi connectivity index (χ4n) is 2.28. The van der Waals surface area contributed by atoms with E-state index in [4.69, 9.17) is 18.9 Å². The summed E-state index contributed by atoms with van der Waals surface area (Å²) in [7, 11) is 4.75. The third-order valence-electron chi connectivity index (χ3n) is 3.31. The predicted molar refractivity (Wildman–Crippen MR) is 88.0 cm³/mol. The van der Waals surface area contributed by atoms with E-state index in [-0.39, 0.29) is 0 Å². The third kappa shape index (κ3) is 2.55. The summed E-state index contributed by atoms with van der Waals surface area (Å²) >= 11 is 1.65. The van der Waals surface area contributed by atoms with Gasteiger partial charge >= 0.3 is 0 Å². The first kappa shape index (κ1) is 14.5. The van der Waals surface area contributed by atoms with Crippen LogP contribution in [0.1, 0.15) is 0 Å². The van der Waals surface area contributed by atoms with E-state index in [1.54, 1.807) is 44.8 Å². The molecule has 3 aromatic rings. The van der Waals surface area contributed by atoms with Crippen LogP contribution in [0.3, 0.4) is 0 Å². The van der Waals surface area contributed by atoms with E-state index in [9.17, 15) is 0 Å². The number of fused-ring (bicyclic) bond motifs is 1. The molecule has 2 aromatic carbocycles. The van der Waals surface area contributed by atoms with Gasteiger partial charge in [-0.1, -0.05) is 12.1 Å². The van der Waals surface area contributed by atoms with Gasteiger partial charge in [0.15, 0.2) is 11.5 Å². The maximum Gasteiger partial charge on any atom is 0.203 e. The molecule has 3 rings (SSSR count). The summed E-state index contributed by atoms with van der Waals surface area (Å²) in [6.45, 7) is 0. The van der Waals surface area contributed by atoms with Crippen LogP contribution in [0.25, 0.3) is 10.1 Å². The average molecular weight is 316 g/mol. The van der Waals surface area contributed by atoms with Crippen LogP contribution in [-0.4, -0.2) is 21.3 Å². The lowest BCUT2D eigenvalue weighted by Gasteiger charge is -2.14. The normalized spacial score (nSPS) is 10.5. The summed E-state index contributed by atoms with van der Waals surface area (Å²) in [6.07, 6.45) is 0. The number of ether oxygens (including phenoxy) is 4. The first-order chi connectivity index (χ1) is 10.8. The standard InChI is InChI=1S/C17H16O4S/c1-18-13-8-11(9-14(19-2)17(13)20-3)21-15-10-22-16-7-5-4-6-12(15)16/h4-10H,1-3H3. The van der Waals surface area contributed by atoms with Crippen molar-refractivity contribution < 1.29 is 18.9 Å². The van der Waals surface area contributed by atoms with Gasteiger partial charge < -0.3 is 18.9 Å². The highest BCUT2D eigenvalue weighted by Crippen LogP contribution is 2.43. The smallest absolute Gasteiger partial charge is 0.203 e. The average Bonchev–Trinajstić information content (AvgIpc) is 2.97. The molecule has 114 valence electrons. The van der Waals surface area contributed by atoms with Gasteiger partial charge in [0.2, 0.25) is 5.75 Å². The van der Waals surface area contributed by atoms with Gasteiger partial charge in [-0.3, -0.25) is 0 Å². The quantitative estimate of drug-likeness (QED) is 0.682. The molecule has 0 fully saturated rings. The molecular weight excluding hydrogens is 300 g/mol. The molecule has 4 nitrogen and oxygen atoms in total. The highest BCUT2D eigenvalue weighted by atomic mass is 32.1. The van der Waals surface area contributed by atoms with Crippen LogP contribution in [0.4, 0.5) is 0 Å². The Hall–Kier alpha value is -2.40. The molecule has 0 spiro atoms. The second-order valence-corrected chi connectivity index (χ2v) is 5.47. The van der Waals surface area contributed by atoms with Crippen LogP contribution in [0.15, 0.2) is 41.8 Å². The second kappa shape index (κ2) is 6.15. The largest absolute Gasteiger partial charge is 0.493 e. The van der Waals surface area contributed by atoms with Crippen LogP contribution >= 0.6 is 11.3 Å². The monoisotopic (exact) mass is 316 g/mol. The Morgan fingerprint density at radius 1 is 0.818 bits per heavy atom. The molecule has 1 aromatic heterocycles. The molecule has 5 heteroatoms. The van der Waals surface area contributed by atoms with Crippen molar-refractivity contribution in [2.75, 3.05) is 21.3 Å². The van der Waals surface area contributed by atoms with E-state index in [2.05, 4.69) is 6.07 Å². The third-order valence-corrected chi connectivity index (χ3v) is 4.25. The number of hydrogen-bond donors (Lipinski definition) is 0. The molecule has 0 aliphatic heterocycles. The van der Waals surface area contributed by atoms with Gasteiger partial charge in [-0.05, 0) is 12.1 Å². The Kier molecular flexibility index (Phi) is 4.06. The summed E-state index contributed by atoms with van der Waals surface area (Å²) in [5.41, 5.74) is 0. The van der Waals surface area contributed by atoms with Gasteiger partial charge in [0.25, 0.3) is 0 Å². The van der Waals surface area contributed by atoms with Crippen molar-refractivity contribution in [3.63, 3.8) is 0 Å². The molecule has 0 aliphatic carbocycles. The van der Waals surface area contributed by atoms with E-state index in [1.165, 1.54) is 4.70 Å². The topological polar surface area (TPSA) is 36.9 Å². The molecule has 0 unspecified atom stereocenters. The van der Waals surface area contributed by atoms with E-state index in [1.807, 2.05) is 23.6 Å². The van der Waals surface area contributed by atoms with E-state index in [0.717, 1.165) is 11.1 Å². The SMILES string of the molecule is COc1cc(Oc2csc3ccccc23)cc(OC)c1OC. The molecule has 0 aliphatic rings. The van der Waals surface area contributed by atoms with Crippen molar-refractivity contribution in [2.24, 2.45) is 0 Å². The zero-order chi connectivity index (χ0) is 15.5. The Balaban J connectivity index is 2.01. The minimum Gasteiger partial charge on any atom is -0.493 e. The zero-order valence-electron chi connectivity index (χ0n) is 12.6. The lowest BCUT2D eigenvalue weighted by Crippen LogP contribution is -1.96. The summed E-state index contributed by atoms with van der Waals surface area (Å²) in [5.74, 6) is 3.13. The number of rotatable bonds is 5. The van der Waals surface area contributed by atoms with Crippen LogP contribution in [0, 0.1) is 0 Å². The molecular formula is C17H16O4S. The van der Waals surface area contributed by atoms with Gasteiger partial charge in [0.05, 0.1) is 21.3 Å². The maximum absolute atomic E-state index is 6.01. The fraction of sp³-hybridized carbons (Fsp3) is 0.176. The zero-order valence-corrected chi connectivity index (χ0v) is 13.4. The van der Waals surface area contributed by atoms with Gasteiger partial charge in [-0.15, -0.1) is 11.3 Å². The first-order valence-corrected chi connectivity index (χ1v) is 7.59. The van der Waals surface area contributed by atoms with E-state index < -0.39 is 0 Å². The molecule has 0 radical (unpaired) electrons. The summed E-state index contributed by atoms with van der Waals surface area (Å²) in [4.78, 5) is 0. The predicted octanol–water partition coefficient (Wildman–Crippen LogP) is 4.72. The molecule has 0 atom stereocenters. The Bertz CT molecular complexity index is 769. The van der Waals surface area contributed by atoms with Crippen molar-refractivity contribution in [1.82, 2.24) is 0 Å². The van der Waals surface area contributed by atoms with Crippen LogP contribution < -0.4 is 18.9 Å². The van der Waals surface area contributed by atoms with Gasteiger partial charge in [0.1, 0.15) is 11.5 Å². The first-order valence-electron chi connectivity index (χ1n) is 6.71. The fourth-order valence-corrected chi connectivity index (χ4v) is 3.14. The number of methoxy groups -OCH3 is 3. The van der Waals surface area contributed by atoms with Crippen molar-refractivity contribution in [3.8, 4) is 28.7 Å². The molecule has 0 bridgehead atoms. The Morgan fingerprint density at radius 2 is 1.50 bits per heavy atom. The highest BCUT2D eigenvalue weighted by molar-refractivity contribution is 7.17. The maximum atomic E-state index is 6.01. The Morgan fingerprint density at radius 3 is 2.14 bits per heavy atom. The molecule has 22 heavy (non-hydrogen) atoms. The van der Waals surface area contributed by atoms with Gasteiger partial charge in [-0.25, -0.2) is 0 Å². The Labute approximate surface area is 132 Å². The van der Waals surface area contributed by atoms with Gasteiger partial charge in [0, 0.05) is 27.6 Å². The van der Waals surface area contributed by atoms with Crippen molar-refractivity contribution >= 4 is 21.4 Å². The summed E-state index contributed by atoms with van der Waals surface area (Å²) < 4.78 is 23.2. The number of thiophene rings is 1. The molecule has 1 heterocycles. The number of benzene rings is 2. The second-order valence-electron chi connectivity index (χ2n) is 4.56.